The summed E-state index contributed by atoms with van der Waals surface area (Å²) in [5, 5.41) is 7.56. The highest BCUT2D eigenvalue weighted by Crippen LogP contribution is 2.34. The Morgan fingerprint density at radius 1 is 1.19 bits per heavy atom. The lowest BCUT2D eigenvalue weighted by atomic mass is 9.84. The fourth-order valence-electron chi connectivity index (χ4n) is 4.88. The van der Waals surface area contributed by atoms with Crippen LogP contribution < -0.4 is 5.32 Å². The smallest absolute Gasteiger partial charge is 0.307 e. The number of hydrogen-bond donors (Lipinski definition) is 1. The summed E-state index contributed by atoms with van der Waals surface area (Å²) in [5.41, 5.74) is 4.49. The molecule has 1 aromatic carbocycles. The lowest BCUT2D eigenvalue weighted by molar-refractivity contribution is -0.146. The maximum atomic E-state index is 12.4. The van der Waals surface area contributed by atoms with Crippen LogP contribution in [0.4, 0.5) is 0 Å². The fraction of sp³-hybridized carbons (Fsp3) is 0.542. The molecule has 1 aliphatic heterocycles. The van der Waals surface area contributed by atoms with Crippen molar-refractivity contribution in [1.29, 1.82) is 0 Å². The Balaban J connectivity index is 1.54. The molecule has 1 saturated carbocycles. The first kappa shape index (κ1) is 21.6. The van der Waals surface area contributed by atoms with Crippen molar-refractivity contribution in [3.63, 3.8) is 0 Å². The molecule has 0 radical (unpaired) electrons. The van der Waals surface area contributed by atoms with Crippen LogP contribution in [0.2, 0.25) is 0 Å². The van der Waals surface area contributed by atoms with Gasteiger partial charge in [-0.25, -0.2) is 0 Å². The second kappa shape index (κ2) is 9.64. The van der Waals surface area contributed by atoms with Gasteiger partial charge in [0.05, 0.1) is 19.2 Å². The first-order chi connectivity index (χ1) is 15.0. The summed E-state index contributed by atoms with van der Waals surface area (Å²) in [4.78, 5) is 26.3. The predicted octanol–water partition coefficient (Wildman–Crippen LogP) is 3.00. The summed E-state index contributed by atoms with van der Waals surface area (Å²) >= 11 is 0. The number of benzene rings is 1. The van der Waals surface area contributed by atoms with E-state index in [0.29, 0.717) is 25.6 Å². The second-order valence-electron chi connectivity index (χ2n) is 8.69. The number of nitrogens with one attached hydrogen (secondary N) is 1. The van der Waals surface area contributed by atoms with Gasteiger partial charge in [-0.05, 0) is 24.3 Å². The number of aryl methyl sites for hydroxylation is 1. The molecule has 0 unspecified atom stereocenters. The highest BCUT2D eigenvalue weighted by Gasteiger charge is 2.32. The van der Waals surface area contributed by atoms with Crippen molar-refractivity contribution >= 4 is 11.9 Å². The number of hydrogen-bond acceptors (Lipinski definition) is 5. The van der Waals surface area contributed by atoms with Crippen LogP contribution in [-0.2, 0) is 27.9 Å². The number of methoxy groups -OCH3 is 1. The van der Waals surface area contributed by atoms with Crippen LogP contribution in [0.1, 0.15) is 55.6 Å². The van der Waals surface area contributed by atoms with Crippen molar-refractivity contribution in [3.8, 4) is 11.3 Å². The van der Waals surface area contributed by atoms with E-state index in [4.69, 9.17) is 9.84 Å². The number of carbonyl (C=O) groups excluding carboxylic acids is 2. The number of carbonyl (C=O) groups is 2. The molecule has 1 aromatic heterocycles. The zero-order chi connectivity index (χ0) is 21.8. The number of aromatic nitrogens is 2. The Morgan fingerprint density at radius 3 is 2.65 bits per heavy atom. The van der Waals surface area contributed by atoms with Crippen molar-refractivity contribution < 1.29 is 14.3 Å². The highest BCUT2D eigenvalue weighted by molar-refractivity contribution is 5.87. The van der Waals surface area contributed by atoms with E-state index in [0.717, 1.165) is 16.8 Å². The molecule has 2 aromatic rings. The van der Waals surface area contributed by atoms with E-state index in [2.05, 4.69) is 29.6 Å². The zero-order valence-electron chi connectivity index (χ0n) is 18.5. The van der Waals surface area contributed by atoms with Crippen molar-refractivity contribution in [1.82, 2.24) is 20.0 Å². The van der Waals surface area contributed by atoms with Gasteiger partial charge in [0.1, 0.15) is 6.04 Å². The SMILES string of the molecule is COC(=O)C[C@@H]1C(=O)NCCN1Cc1cn(C)nc1-c1ccc(C2CCCCC2)cc1. The molecular formula is C24H32N4O3. The quantitative estimate of drug-likeness (QED) is 0.722. The summed E-state index contributed by atoms with van der Waals surface area (Å²) < 4.78 is 6.61. The molecule has 1 aliphatic carbocycles. The molecule has 2 aliphatic rings. The van der Waals surface area contributed by atoms with Gasteiger partial charge >= 0.3 is 5.97 Å². The van der Waals surface area contributed by atoms with Gasteiger partial charge in [-0.15, -0.1) is 0 Å². The summed E-state index contributed by atoms with van der Waals surface area (Å²) in [6, 6.07) is 8.31. The van der Waals surface area contributed by atoms with Gasteiger partial charge in [-0.3, -0.25) is 19.2 Å². The van der Waals surface area contributed by atoms with Crippen LogP contribution in [0.15, 0.2) is 30.5 Å². The molecule has 166 valence electrons. The van der Waals surface area contributed by atoms with E-state index < -0.39 is 6.04 Å². The Labute approximate surface area is 183 Å². The molecule has 2 fully saturated rings. The van der Waals surface area contributed by atoms with Crippen LogP contribution in [-0.4, -0.2) is 52.8 Å². The van der Waals surface area contributed by atoms with Crippen molar-refractivity contribution in [2.75, 3.05) is 20.2 Å². The van der Waals surface area contributed by atoms with E-state index in [-0.39, 0.29) is 18.3 Å². The first-order valence-electron chi connectivity index (χ1n) is 11.3. The number of nitrogens with zero attached hydrogens (tertiary/aromatic N) is 3. The van der Waals surface area contributed by atoms with Crippen LogP contribution in [0, 0.1) is 0 Å². The molecule has 1 saturated heterocycles. The molecule has 0 spiro atoms. The first-order valence-corrected chi connectivity index (χ1v) is 11.3. The molecule has 31 heavy (non-hydrogen) atoms. The van der Waals surface area contributed by atoms with Crippen LogP contribution >= 0.6 is 0 Å². The number of amides is 1. The molecule has 2 heterocycles. The fourth-order valence-corrected chi connectivity index (χ4v) is 4.88. The largest absolute Gasteiger partial charge is 0.469 e. The van der Waals surface area contributed by atoms with Crippen molar-refractivity contribution in [3.05, 3.63) is 41.6 Å². The molecule has 0 bridgehead atoms. The van der Waals surface area contributed by atoms with Gasteiger partial charge in [0.2, 0.25) is 5.91 Å². The monoisotopic (exact) mass is 424 g/mol. The lowest BCUT2D eigenvalue weighted by Gasteiger charge is -2.34. The lowest BCUT2D eigenvalue weighted by Crippen LogP contribution is -2.55. The molecular weight excluding hydrogens is 392 g/mol. The predicted molar refractivity (Wildman–Crippen MR) is 118 cm³/mol. The number of piperazine rings is 1. The molecule has 4 rings (SSSR count). The Bertz CT molecular complexity index is 915. The van der Waals surface area contributed by atoms with Crippen LogP contribution in [0.5, 0.6) is 0 Å². The average molecular weight is 425 g/mol. The molecule has 1 atom stereocenters. The van der Waals surface area contributed by atoms with E-state index >= 15 is 0 Å². The topological polar surface area (TPSA) is 76.5 Å². The maximum Gasteiger partial charge on any atom is 0.307 e. The average Bonchev–Trinajstić information content (AvgIpc) is 3.16. The third kappa shape index (κ3) is 4.98. The zero-order valence-corrected chi connectivity index (χ0v) is 18.5. The van der Waals surface area contributed by atoms with Gasteiger partial charge in [-0.1, -0.05) is 43.5 Å². The summed E-state index contributed by atoms with van der Waals surface area (Å²) in [6.07, 6.45) is 8.64. The van der Waals surface area contributed by atoms with Crippen LogP contribution in [0.25, 0.3) is 11.3 Å². The van der Waals surface area contributed by atoms with Gasteiger partial charge < -0.3 is 10.1 Å². The van der Waals surface area contributed by atoms with Crippen molar-refractivity contribution in [2.45, 2.75) is 57.0 Å². The normalized spacial score (nSPS) is 20.5. The molecule has 1 amide bonds. The third-order valence-corrected chi connectivity index (χ3v) is 6.57. The van der Waals surface area contributed by atoms with E-state index in [1.807, 2.05) is 22.8 Å². The number of rotatable bonds is 6. The minimum Gasteiger partial charge on any atom is -0.469 e. The highest BCUT2D eigenvalue weighted by atomic mass is 16.5. The molecule has 1 N–H and O–H groups in total. The molecule has 7 nitrogen and oxygen atoms in total. The van der Waals surface area contributed by atoms with Gasteiger partial charge in [0, 0.05) is 44.0 Å². The molecule has 7 heteroatoms. The summed E-state index contributed by atoms with van der Waals surface area (Å²) in [6.45, 7) is 1.81. The summed E-state index contributed by atoms with van der Waals surface area (Å²) in [5.74, 6) is 0.174. The van der Waals surface area contributed by atoms with Gasteiger partial charge in [-0.2, -0.15) is 5.10 Å². The van der Waals surface area contributed by atoms with E-state index in [1.165, 1.54) is 44.8 Å². The van der Waals surface area contributed by atoms with Gasteiger partial charge in [0.25, 0.3) is 0 Å². The van der Waals surface area contributed by atoms with E-state index in [1.54, 1.807) is 0 Å². The Kier molecular flexibility index (Phi) is 6.70. The minimum atomic E-state index is -0.525. The van der Waals surface area contributed by atoms with Crippen molar-refractivity contribution in [2.24, 2.45) is 7.05 Å². The Morgan fingerprint density at radius 2 is 1.94 bits per heavy atom. The maximum absolute atomic E-state index is 12.4. The second-order valence-corrected chi connectivity index (χ2v) is 8.69. The van der Waals surface area contributed by atoms with E-state index in [9.17, 15) is 9.59 Å². The number of esters is 1. The summed E-state index contributed by atoms with van der Waals surface area (Å²) in [7, 11) is 3.27. The standard InChI is InChI=1S/C24H32N4O3/c1-27-15-20(16-28-13-12-25-24(30)21(28)14-22(29)31-2)23(26-27)19-10-8-18(9-11-19)17-6-4-3-5-7-17/h8-11,15,17,21H,3-7,12-14,16H2,1-2H3,(H,25,30)/t21-/m1/s1. The van der Waals surface area contributed by atoms with Crippen LogP contribution in [0.3, 0.4) is 0 Å². The third-order valence-electron chi connectivity index (χ3n) is 6.57. The Hall–Kier alpha value is -2.67. The minimum absolute atomic E-state index is 0.0496. The number of ether oxygens (including phenoxy) is 1. The van der Waals surface area contributed by atoms with Gasteiger partial charge in [0.15, 0.2) is 0 Å².